The zero-order valence-corrected chi connectivity index (χ0v) is 12.9. The molecule has 0 atom stereocenters. The summed E-state index contributed by atoms with van der Waals surface area (Å²) in [6, 6.07) is 4.23. The number of sulfonamides is 1. The number of halogens is 1. The molecule has 1 heterocycles. The molecular formula is C11H12BrN3O4S. The SMILES string of the molecule is CCc1noc(COc2ccc(S(N)(=O)=O)cc2Br)n1. The second-order valence-electron chi connectivity index (χ2n) is 3.88. The third kappa shape index (κ3) is 3.56. The van der Waals surface area contributed by atoms with E-state index in [-0.39, 0.29) is 11.5 Å². The second kappa shape index (κ2) is 5.90. The normalized spacial score (nSPS) is 11.6. The van der Waals surface area contributed by atoms with Crippen LogP contribution in [0.2, 0.25) is 0 Å². The Morgan fingerprint density at radius 1 is 1.45 bits per heavy atom. The Balaban J connectivity index is 2.10. The highest BCUT2D eigenvalue weighted by Crippen LogP contribution is 2.28. The molecule has 0 unspecified atom stereocenters. The van der Waals surface area contributed by atoms with E-state index in [2.05, 4.69) is 26.1 Å². The summed E-state index contributed by atoms with van der Waals surface area (Å²) in [5.41, 5.74) is 0. The van der Waals surface area contributed by atoms with E-state index in [1.54, 1.807) is 0 Å². The average molecular weight is 362 g/mol. The molecule has 0 aliphatic rings. The van der Waals surface area contributed by atoms with Gasteiger partial charge in [0.25, 0.3) is 5.89 Å². The van der Waals surface area contributed by atoms with Crippen molar-refractivity contribution in [3.05, 3.63) is 34.4 Å². The molecule has 9 heteroatoms. The van der Waals surface area contributed by atoms with Gasteiger partial charge in [0, 0.05) is 6.42 Å². The molecule has 0 aliphatic heterocycles. The van der Waals surface area contributed by atoms with Gasteiger partial charge in [0.2, 0.25) is 10.0 Å². The second-order valence-corrected chi connectivity index (χ2v) is 6.30. The van der Waals surface area contributed by atoms with Crippen LogP contribution in [0, 0.1) is 0 Å². The van der Waals surface area contributed by atoms with Gasteiger partial charge in [0.05, 0.1) is 9.37 Å². The Labute approximate surface area is 124 Å². The zero-order chi connectivity index (χ0) is 14.8. The molecule has 0 saturated heterocycles. The Morgan fingerprint density at radius 2 is 2.20 bits per heavy atom. The highest BCUT2D eigenvalue weighted by Gasteiger charge is 2.12. The Bertz CT molecular complexity index is 714. The predicted molar refractivity (Wildman–Crippen MR) is 73.5 cm³/mol. The van der Waals surface area contributed by atoms with Crippen LogP contribution in [0.4, 0.5) is 0 Å². The number of rotatable bonds is 5. The number of hydrogen-bond donors (Lipinski definition) is 1. The minimum atomic E-state index is -3.74. The fourth-order valence-corrected chi connectivity index (χ4v) is 2.59. The molecule has 0 bridgehead atoms. The molecular weight excluding hydrogens is 350 g/mol. The molecule has 0 fully saturated rings. The summed E-state index contributed by atoms with van der Waals surface area (Å²) in [6.07, 6.45) is 0.677. The number of aryl methyl sites for hydroxylation is 1. The summed E-state index contributed by atoms with van der Waals surface area (Å²) < 4.78 is 33.3. The van der Waals surface area contributed by atoms with Crippen molar-refractivity contribution in [1.29, 1.82) is 0 Å². The number of nitrogens with two attached hydrogens (primary N) is 1. The van der Waals surface area contributed by atoms with Crippen molar-refractivity contribution >= 4 is 26.0 Å². The fraction of sp³-hybridized carbons (Fsp3) is 0.273. The van der Waals surface area contributed by atoms with Crippen molar-refractivity contribution in [1.82, 2.24) is 10.1 Å². The van der Waals surface area contributed by atoms with E-state index in [4.69, 9.17) is 14.4 Å². The first-order valence-corrected chi connectivity index (χ1v) is 8.00. The molecule has 2 N–H and O–H groups in total. The van der Waals surface area contributed by atoms with Gasteiger partial charge in [0.1, 0.15) is 5.75 Å². The number of ether oxygens (including phenoxy) is 1. The van der Waals surface area contributed by atoms with Gasteiger partial charge < -0.3 is 9.26 Å². The van der Waals surface area contributed by atoms with Crippen molar-refractivity contribution in [2.45, 2.75) is 24.8 Å². The topological polar surface area (TPSA) is 108 Å². The van der Waals surface area contributed by atoms with Crippen LogP contribution in [0.1, 0.15) is 18.6 Å². The molecule has 0 amide bonds. The largest absolute Gasteiger partial charge is 0.483 e. The van der Waals surface area contributed by atoms with E-state index in [0.29, 0.717) is 28.4 Å². The van der Waals surface area contributed by atoms with Crippen LogP contribution >= 0.6 is 15.9 Å². The van der Waals surface area contributed by atoms with E-state index in [9.17, 15) is 8.42 Å². The first-order chi connectivity index (χ1) is 9.40. The van der Waals surface area contributed by atoms with Crippen LogP contribution in [-0.4, -0.2) is 18.6 Å². The Hall–Kier alpha value is -1.45. The summed E-state index contributed by atoms with van der Waals surface area (Å²) in [6.45, 7) is 2.01. The van der Waals surface area contributed by atoms with Gasteiger partial charge in [-0.15, -0.1) is 0 Å². The minimum Gasteiger partial charge on any atom is -0.483 e. The van der Waals surface area contributed by atoms with Crippen LogP contribution in [0.15, 0.2) is 32.1 Å². The minimum absolute atomic E-state index is 0.00258. The van der Waals surface area contributed by atoms with E-state index in [0.717, 1.165) is 0 Å². The number of nitrogens with zero attached hydrogens (tertiary/aromatic N) is 2. The summed E-state index contributed by atoms with van der Waals surface area (Å²) in [7, 11) is -3.74. The third-order valence-electron chi connectivity index (χ3n) is 2.41. The van der Waals surface area contributed by atoms with Crippen LogP contribution in [0.25, 0.3) is 0 Å². The highest BCUT2D eigenvalue weighted by molar-refractivity contribution is 9.10. The smallest absolute Gasteiger partial charge is 0.264 e. The molecule has 0 saturated carbocycles. The van der Waals surface area contributed by atoms with E-state index >= 15 is 0 Å². The first-order valence-electron chi connectivity index (χ1n) is 5.66. The molecule has 0 aliphatic carbocycles. The number of hydrogen-bond acceptors (Lipinski definition) is 6. The molecule has 2 aromatic rings. The number of aromatic nitrogens is 2. The lowest BCUT2D eigenvalue weighted by Gasteiger charge is -2.07. The third-order valence-corrected chi connectivity index (χ3v) is 3.94. The summed E-state index contributed by atoms with van der Waals surface area (Å²) in [4.78, 5) is 4.10. The summed E-state index contributed by atoms with van der Waals surface area (Å²) in [5, 5.41) is 8.78. The van der Waals surface area contributed by atoms with Crippen LogP contribution in [0.5, 0.6) is 5.75 Å². The predicted octanol–water partition coefficient (Wildman–Crippen LogP) is 1.62. The van der Waals surface area contributed by atoms with Gasteiger partial charge in [-0.1, -0.05) is 12.1 Å². The maximum atomic E-state index is 11.2. The first kappa shape index (κ1) is 14.9. The fourth-order valence-electron chi connectivity index (χ4n) is 1.41. The maximum Gasteiger partial charge on any atom is 0.264 e. The quantitative estimate of drug-likeness (QED) is 0.866. The molecule has 108 valence electrons. The van der Waals surface area contributed by atoms with Gasteiger partial charge in [0.15, 0.2) is 12.4 Å². The molecule has 1 aromatic heterocycles. The molecule has 0 radical (unpaired) electrons. The maximum absolute atomic E-state index is 11.2. The number of primary sulfonamides is 1. The highest BCUT2D eigenvalue weighted by atomic mass is 79.9. The average Bonchev–Trinajstić information content (AvgIpc) is 2.84. The van der Waals surface area contributed by atoms with Gasteiger partial charge in [-0.05, 0) is 34.1 Å². The van der Waals surface area contributed by atoms with E-state index in [1.807, 2.05) is 6.92 Å². The van der Waals surface area contributed by atoms with Gasteiger partial charge in [-0.2, -0.15) is 4.98 Å². The van der Waals surface area contributed by atoms with Crippen molar-refractivity contribution in [3.8, 4) is 5.75 Å². The Morgan fingerprint density at radius 3 is 2.75 bits per heavy atom. The lowest BCUT2D eigenvalue weighted by Crippen LogP contribution is -2.12. The lowest BCUT2D eigenvalue weighted by atomic mass is 10.3. The van der Waals surface area contributed by atoms with Crippen LogP contribution in [-0.2, 0) is 23.1 Å². The van der Waals surface area contributed by atoms with Crippen LogP contribution < -0.4 is 9.88 Å². The zero-order valence-electron chi connectivity index (χ0n) is 10.5. The van der Waals surface area contributed by atoms with Crippen LogP contribution in [0.3, 0.4) is 0 Å². The summed E-state index contributed by atoms with van der Waals surface area (Å²) >= 11 is 3.22. The summed E-state index contributed by atoms with van der Waals surface area (Å²) in [5.74, 6) is 1.41. The number of benzene rings is 1. The molecule has 0 spiro atoms. The van der Waals surface area contributed by atoms with Crippen molar-refractivity contribution in [2.24, 2.45) is 5.14 Å². The molecule has 2 rings (SSSR count). The molecule has 20 heavy (non-hydrogen) atoms. The van der Waals surface area contributed by atoms with Gasteiger partial charge in [-0.25, -0.2) is 13.6 Å². The van der Waals surface area contributed by atoms with E-state index in [1.165, 1.54) is 18.2 Å². The molecule has 7 nitrogen and oxygen atoms in total. The van der Waals surface area contributed by atoms with Crippen molar-refractivity contribution in [3.63, 3.8) is 0 Å². The Kier molecular flexibility index (Phi) is 4.41. The van der Waals surface area contributed by atoms with Crippen molar-refractivity contribution in [2.75, 3.05) is 0 Å². The van der Waals surface area contributed by atoms with Crippen molar-refractivity contribution < 1.29 is 17.7 Å². The van der Waals surface area contributed by atoms with E-state index < -0.39 is 10.0 Å². The lowest BCUT2D eigenvalue weighted by molar-refractivity contribution is 0.241. The standard InChI is InChI=1S/C11H12BrN3O4S/c1-2-10-14-11(19-15-10)6-18-9-4-3-7(5-8(9)12)20(13,16)17/h3-5H,2,6H2,1H3,(H2,13,16,17). The molecule has 1 aromatic carbocycles. The monoisotopic (exact) mass is 361 g/mol. The van der Waals surface area contributed by atoms with Gasteiger partial charge >= 0.3 is 0 Å². The van der Waals surface area contributed by atoms with Gasteiger partial charge in [-0.3, -0.25) is 0 Å².